The molecule has 0 spiro atoms. The predicted molar refractivity (Wildman–Crippen MR) is 63.1 cm³/mol. The molecule has 0 bridgehead atoms. The molecule has 0 saturated carbocycles. The van der Waals surface area contributed by atoms with Crippen molar-refractivity contribution in [3.05, 3.63) is 35.2 Å². The summed E-state index contributed by atoms with van der Waals surface area (Å²) in [5.74, 6) is 0.153. The first kappa shape index (κ1) is 12.7. The molecule has 0 aliphatic rings. The maximum absolute atomic E-state index is 9.84. The minimum atomic E-state index is -0.120. The number of aliphatic hydroxyl groups is 1. The van der Waals surface area contributed by atoms with E-state index in [4.69, 9.17) is 5.11 Å². The quantitative estimate of drug-likeness (QED) is 0.656. The zero-order valence-corrected chi connectivity index (χ0v) is 9.75. The summed E-state index contributed by atoms with van der Waals surface area (Å²) in [7, 11) is 0. The molecule has 16 heavy (non-hydrogen) atoms. The fourth-order valence-corrected chi connectivity index (χ4v) is 1.42. The summed E-state index contributed by atoms with van der Waals surface area (Å²) < 4.78 is 0. The molecule has 0 aliphatic heterocycles. The van der Waals surface area contributed by atoms with Gasteiger partial charge in [-0.3, -0.25) is 4.98 Å². The Morgan fingerprint density at radius 1 is 1.56 bits per heavy atom. The molecule has 0 atom stereocenters. The van der Waals surface area contributed by atoms with Gasteiger partial charge in [-0.1, -0.05) is 12.2 Å². The first-order valence-corrected chi connectivity index (χ1v) is 5.18. The number of hydrogen-bond acceptors (Lipinski definition) is 4. The van der Waals surface area contributed by atoms with Crippen LogP contribution >= 0.6 is 0 Å². The Bertz CT molecular complexity index is 389. The average molecular weight is 222 g/mol. The van der Waals surface area contributed by atoms with Crippen LogP contribution in [0.3, 0.4) is 0 Å². The van der Waals surface area contributed by atoms with E-state index in [1.165, 1.54) is 0 Å². The number of aromatic hydroxyl groups is 1. The third-order valence-corrected chi connectivity index (χ3v) is 2.33. The zero-order valence-electron chi connectivity index (χ0n) is 9.75. The fourth-order valence-electron chi connectivity index (χ4n) is 1.42. The maximum Gasteiger partial charge on any atom is 0.141 e. The molecular weight excluding hydrogens is 204 g/mol. The lowest BCUT2D eigenvalue weighted by molar-refractivity contribution is 0.278. The Hall–Kier alpha value is -1.39. The first-order valence-electron chi connectivity index (χ1n) is 5.18. The van der Waals surface area contributed by atoms with E-state index in [1.54, 1.807) is 13.1 Å². The Labute approximate surface area is 95.7 Å². The molecule has 0 saturated heterocycles. The standard InChI is InChI=1S/C12H18N2O2/c1-8(2)4-13-6-11-10(7-15)5-14-9(3)12(11)16/h5,13,15-16H,1,4,6-7H2,2-3H3. The average Bonchev–Trinajstić information content (AvgIpc) is 2.24. The lowest BCUT2D eigenvalue weighted by Crippen LogP contribution is -2.17. The van der Waals surface area contributed by atoms with Crippen molar-refractivity contribution >= 4 is 0 Å². The van der Waals surface area contributed by atoms with Crippen LogP contribution in [0.1, 0.15) is 23.7 Å². The zero-order chi connectivity index (χ0) is 12.1. The second kappa shape index (κ2) is 5.63. The Morgan fingerprint density at radius 3 is 2.81 bits per heavy atom. The van der Waals surface area contributed by atoms with Crippen molar-refractivity contribution in [1.29, 1.82) is 0 Å². The van der Waals surface area contributed by atoms with Gasteiger partial charge in [0.15, 0.2) is 0 Å². The van der Waals surface area contributed by atoms with E-state index in [1.807, 2.05) is 6.92 Å². The normalized spacial score (nSPS) is 10.4. The fraction of sp³-hybridized carbons (Fsp3) is 0.417. The largest absolute Gasteiger partial charge is 0.506 e. The van der Waals surface area contributed by atoms with Crippen LogP contribution < -0.4 is 5.32 Å². The summed E-state index contributed by atoms with van der Waals surface area (Å²) in [6, 6.07) is 0. The summed E-state index contributed by atoms with van der Waals surface area (Å²) >= 11 is 0. The van der Waals surface area contributed by atoms with Gasteiger partial charge in [-0.25, -0.2) is 0 Å². The Kier molecular flexibility index (Phi) is 4.46. The second-order valence-electron chi connectivity index (χ2n) is 3.91. The van der Waals surface area contributed by atoms with Gasteiger partial charge in [0, 0.05) is 30.4 Å². The van der Waals surface area contributed by atoms with E-state index in [2.05, 4.69) is 16.9 Å². The van der Waals surface area contributed by atoms with Gasteiger partial charge in [-0.05, 0) is 13.8 Å². The summed E-state index contributed by atoms with van der Waals surface area (Å²) in [5.41, 5.74) is 2.95. The first-order chi connectivity index (χ1) is 7.56. The van der Waals surface area contributed by atoms with E-state index in [0.717, 1.165) is 5.57 Å². The lowest BCUT2D eigenvalue weighted by Gasteiger charge is -2.12. The third-order valence-electron chi connectivity index (χ3n) is 2.33. The van der Waals surface area contributed by atoms with Crippen LogP contribution in [0.4, 0.5) is 0 Å². The summed E-state index contributed by atoms with van der Waals surface area (Å²) in [6.45, 7) is 8.51. The lowest BCUT2D eigenvalue weighted by atomic mass is 10.1. The number of rotatable bonds is 5. The van der Waals surface area contributed by atoms with Gasteiger partial charge in [-0.2, -0.15) is 0 Å². The molecule has 0 fully saturated rings. The van der Waals surface area contributed by atoms with E-state index < -0.39 is 0 Å². The molecule has 4 nitrogen and oxygen atoms in total. The molecule has 0 aromatic carbocycles. The van der Waals surface area contributed by atoms with E-state index >= 15 is 0 Å². The van der Waals surface area contributed by atoms with Crippen molar-refractivity contribution in [3.63, 3.8) is 0 Å². The molecule has 4 heteroatoms. The van der Waals surface area contributed by atoms with Crippen molar-refractivity contribution in [2.75, 3.05) is 6.54 Å². The summed E-state index contributed by atoms with van der Waals surface area (Å²) in [6.07, 6.45) is 1.59. The van der Waals surface area contributed by atoms with Gasteiger partial charge in [0.25, 0.3) is 0 Å². The molecule has 1 heterocycles. The molecule has 1 aromatic heterocycles. The Balaban J connectivity index is 2.83. The molecule has 0 unspecified atom stereocenters. The van der Waals surface area contributed by atoms with Crippen LogP contribution in [-0.4, -0.2) is 21.7 Å². The van der Waals surface area contributed by atoms with Crippen LogP contribution in [-0.2, 0) is 13.2 Å². The van der Waals surface area contributed by atoms with E-state index in [0.29, 0.717) is 29.9 Å². The highest BCUT2D eigenvalue weighted by atomic mass is 16.3. The highest BCUT2D eigenvalue weighted by Gasteiger charge is 2.10. The van der Waals surface area contributed by atoms with Crippen LogP contribution in [0.2, 0.25) is 0 Å². The van der Waals surface area contributed by atoms with Crippen LogP contribution in [0.25, 0.3) is 0 Å². The molecule has 0 aliphatic carbocycles. The van der Waals surface area contributed by atoms with Gasteiger partial charge in [-0.15, -0.1) is 0 Å². The smallest absolute Gasteiger partial charge is 0.141 e. The predicted octanol–water partition coefficient (Wildman–Crippen LogP) is 1.25. The number of aromatic nitrogens is 1. The SMILES string of the molecule is C=C(C)CNCc1c(CO)cnc(C)c1O. The van der Waals surface area contributed by atoms with Crippen LogP contribution in [0, 0.1) is 6.92 Å². The summed E-state index contributed by atoms with van der Waals surface area (Å²) in [4.78, 5) is 4.00. The molecule has 1 rings (SSSR count). The monoisotopic (exact) mass is 222 g/mol. The minimum absolute atomic E-state index is 0.120. The second-order valence-corrected chi connectivity index (χ2v) is 3.91. The highest BCUT2D eigenvalue weighted by molar-refractivity contribution is 5.40. The van der Waals surface area contributed by atoms with Crippen LogP contribution in [0.5, 0.6) is 5.75 Å². The Morgan fingerprint density at radius 2 is 2.25 bits per heavy atom. The molecule has 0 amide bonds. The molecule has 88 valence electrons. The van der Waals surface area contributed by atoms with Crippen molar-refractivity contribution < 1.29 is 10.2 Å². The maximum atomic E-state index is 9.84. The topological polar surface area (TPSA) is 65.4 Å². The van der Waals surface area contributed by atoms with Crippen molar-refractivity contribution in [1.82, 2.24) is 10.3 Å². The van der Waals surface area contributed by atoms with Gasteiger partial charge in [0.1, 0.15) is 5.75 Å². The van der Waals surface area contributed by atoms with E-state index in [9.17, 15) is 5.11 Å². The van der Waals surface area contributed by atoms with Crippen molar-refractivity contribution in [3.8, 4) is 5.75 Å². The number of hydrogen-bond donors (Lipinski definition) is 3. The molecule has 3 N–H and O–H groups in total. The molecular formula is C12H18N2O2. The van der Waals surface area contributed by atoms with Gasteiger partial charge < -0.3 is 15.5 Å². The number of aliphatic hydroxyl groups excluding tert-OH is 1. The highest BCUT2D eigenvalue weighted by Crippen LogP contribution is 2.23. The number of aryl methyl sites for hydroxylation is 1. The third kappa shape index (κ3) is 3.05. The molecule has 0 radical (unpaired) electrons. The van der Waals surface area contributed by atoms with Crippen molar-refractivity contribution in [2.24, 2.45) is 0 Å². The minimum Gasteiger partial charge on any atom is -0.506 e. The van der Waals surface area contributed by atoms with E-state index in [-0.39, 0.29) is 12.4 Å². The number of pyridine rings is 1. The number of nitrogens with zero attached hydrogens (tertiary/aromatic N) is 1. The van der Waals surface area contributed by atoms with Gasteiger partial charge in [0.2, 0.25) is 0 Å². The summed E-state index contributed by atoms with van der Waals surface area (Å²) in [5, 5.41) is 22.1. The number of nitrogens with one attached hydrogen (secondary N) is 1. The van der Waals surface area contributed by atoms with Gasteiger partial charge in [0.05, 0.1) is 12.3 Å². The molecule has 1 aromatic rings. The van der Waals surface area contributed by atoms with Crippen LogP contribution in [0.15, 0.2) is 18.3 Å². The van der Waals surface area contributed by atoms with Gasteiger partial charge >= 0.3 is 0 Å². The van der Waals surface area contributed by atoms with Crippen molar-refractivity contribution in [2.45, 2.75) is 27.0 Å².